The minimum Gasteiger partial charge on any atom is -0.504 e. The topological polar surface area (TPSA) is 75.1 Å². The molecular formula is C13H9N3O2S. The first kappa shape index (κ1) is 11.6. The molecule has 0 unspecified atom stereocenters. The summed E-state index contributed by atoms with van der Waals surface area (Å²) in [6, 6.07) is 8.31. The summed E-state index contributed by atoms with van der Waals surface area (Å²) in [7, 11) is 0. The summed E-state index contributed by atoms with van der Waals surface area (Å²) in [6.07, 6.45) is 1.50. The van der Waals surface area contributed by atoms with Crippen molar-refractivity contribution in [2.75, 3.05) is 5.32 Å². The third-order valence-electron chi connectivity index (χ3n) is 2.61. The summed E-state index contributed by atoms with van der Waals surface area (Å²) in [4.78, 5) is 20.1. The van der Waals surface area contributed by atoms with Crippen molar-refractivity contribution in [3.63, 3.8) is 0 Å². The molecule has 0 radical (unpaired) electrons. The Morgan fingerprint density at radius 3 is 3.00 bits per heavy atom. The first-order chi connectivity index (χ1) is 9.24. The third kappa shape index (κ3) is 2.25. The van der Waals surface area contributed by atoms with Crippen LogP contribution in [-0.2, 0) is 0 Å². The molecule has 2 N–H and O–H groups in total. The van der Waals surface area contributed by atoms with E-state index in [1.54, 1.807) is 29.8 Å². The predicted molar refractivity (Wildman–Crippen MR) is 73.5 cm³/mol. The Labute approximate surface area is 112 Å². The lowest BCUT2D eigenvalue weighted by molar-refractivity contribution is 0.102. The van der Waals surface area contributed by atoms with Gasteiger partial charge in [0.15, 0.2) is 11.6 Å². The number of thiazole rings is 1. The van der Waals surface area contributed by atoms with Crippen LogP contribution in [0.4, 0.5) is 5.82 Å². The number of aromatic hydroxyl groups is 1. The number of carbonyl (C=O) groups excluding carboxylic acids is 1. The molecule has 0 aliphatic rings. The van der Waals surface area contributed by atoms with Gasteiger partial charge in [-0.3, -0.25) is 4.79 Å². The van der Waals surface area contributed by atoms with E-state index in [0.717, 1.165) is 10.2 Å². The van der Waals surface area contributed by atoms with Crippen LogP contribution >= 0.6 is 11.3 Å². The molecule has 1 amide bonds. The average Bonchev–Trinajstić information content (AvgIpc) is 2.88. The fourth-order valence-corrected chi connectivity index (χ4v) is 2.39. The van der Waals surface area contributed by atoms with Crippen molar-refractivity contribution < 1.29 is 9.90 Å². The van der Waals surface area contributed by atoms with Gasteiger partial charge in [-0.2, -0.15) is 0 Å². The zero-order valence-corrected chi connectivity index (χ0v) is 10.5. The van der Waals surface area contributed by atoms with Crippen molar-refractivity contribution in [1.29, 1.82) is 0 Å². The van der Waals surface area contributed by atoms with Crippen molar-refractivity contribution in [2.45, 2.75) is 0 Å². The average molecular weight is 271 g/mol. The van der Waals surface area contributed by atoms with Crippen molar-refractivity contribution in [2.24, 2.45) is 0 Å². The maximum atomic E-state index is 12.1. The van der Waals surface area contributed by atoms with Gasteiger partial charge in [0, 0.05) is 11.8 Å². The number of pyridine rings is 1. The number of nitrogens with zero attached hydrogens (tertiary/aromatic N) is 2. The van der Waals surface area contributed by atoms with Gasteiger partial charge in [0.2, 0.25) is 0 Å². The second kappa shape index (κ2) is 4.66. The van der Waals surface area contributed by atoms with Gasteiger partial charge in [-0.15, -0.1) is 11.3 Å². The van der Waals surface area contributed by atoms with Crippen LogP contribution in [0.1, 0.15) is 10.4 Å². The van der Waals surface area contributed by atoms with Crippen molar-refractivity contribution in [3.05, 3.63) is 47.6 Å². The molecule has 5 nitrogen and oxygen atoms in total. The standard InChI is InChI=1S/C13H9N3O2S/c17-10-2-1-5-14-12(10)16-13(18)8-3-4-9-11(6-8)19-7-15-9/h1-7,17H,(H,14,16,18). The summed E-state index contributed by atoms with van der Waals surface area (Å²) in [5.74, 6) is -0.226. The van der Waals surface area contributed by atoms with Crippen molar-refractivity contribution in [3.8, 4) is 5.75 Å². The number of amides is 1. The first-order valence-corrected chi connectivity index (χ1v) is 6.40. The predicted octanol–water partition coefficient (Wildman–Crippen LogP) is 2.65. The van der Waals surface area contributed by atoms with Crippen LogP contribution < -0.4 is 5.32 Å². The van der Waals surface area contributed by atoms with Gasteiger partial charge in [-0.05, 0) is 30.3 Å². The van der Waals surface area contributed by atoms with E-state index in [4.69, 9.17) is 0 Å². The normalized spacial score (nSPS) is 10.5. The summed E-state index contributed by atoms with van der Waals surface area (Å²) in [6.45, 7) is 0. The number of carbonyl (C=O) groups is 1. The second-order valence-corrected chi connectivity index (χ2v) is 4.75. The fraction of sp³-hybridized carbons (Fsp3) is 0. The number of aromatic nitrogens is 2. The van der Waals surface area contributed by atoms with Crippen LogP contribution in [0.5, 0.6) is 5.75 Å². The minimum atomic E-state index is -0.315. The van der Waals surface area contributed by atoms with E-state index in [1.807, 2.05) is 0 Å². The summed E-state index contributed by atoms with van der Waals surface area (Å²) in [5, 5.41) is 12.1. The number of hydrogen-bond donors (Lipinski definition) is 2. The van der Waals surface area contributed by atoms with Crippen LogP contribution in [0.15, 0.2) is 42.0 Å². The van der Waals surface area contributed by atoms with Gasteiger partial charge in [-0.25, -0.2) is 9.97 Å². The van der Waals surface area contributed by atoms with E-state index in [1.165, 1.54) is 23.6 Å². The highest BCUT2D eigenvalue weighted by atomic mass is 32.1. The summed E-state index contributed by atoms with van der Waals surface area (Å²) in [5.41, 5.74) is 3.10. The third-order valence-corrected chi connectivity index (χ3v) is 3.40. The first-order valence-electron chi connectivity index (χ1n) is 5.52. The molecular weight excluding hydrogens is 262 g/mol. The van der Waals surface area contributed by atoms with E-state index in [9.17, 15) is 9.90 Å². The zero-order chi connectivity index (χ0) is 13.2. The SMILES string of the molecule is O=C(Nc1ncccc1O)c1ccc2ncsc2c1. The lowest BCUT2D eigenvalue weighted by atomic mass is 10.2. The number of rotatable bonds is 2. The van der Waals surface area contributed by atoms with Crippen LogP contribution in [-0.4, -0.2) is 21.0 Å². The Balaban J connectivity index is 1.89. The molecule has 0 bridgehead atoms. The fourth-order valence-electron chi connectivity index (χ4n) is 1.67. The molecule has 1 aromatic carbocycles. The molecule has 0 aliphatic heterocycles. The molecule has 2 heterocycles. The molecule has 0 atom stereocenters. The Kier molecular flexibility index (Phi) is 2.85. The van der Waals surface area contributed by atoms with Gasteiger partial charge in [0.05, 0.1) is 15.7 Å². The molecule has 0 spiro atoms. The highest BCUT2D eigenvalue weighted by molar-refractivity contribution is 7.16. The quantitative estimate of drug-likeness (QED) is 0.751. The van der Waals surface area contributed by atoms with Gasteiger partial charge in [0.25, 0.3) is 5.91 Å². The van der Waals surface area contributed by atoms with Gasteiger partial charge in [-0.1, -0.05) is 0 Å². The van der Waals surface area contributed by atoms with E-state index >= 15 is 0 Å². The Hall–Kier alpha value is -2.47. The largest absolute Gasteiger partial charge is 0.504 e. The molecule has 94 valence electrons. The van der Waals surface area contributed by atoms with E-state index in [-0.39, 0.29) is 17.5 Å². The monoisotopic (exact) mass is 271 g/mol. The maximum Gasteiger partial charge on any atom is 0.256 e. The number of anilines is 1. The van der Waals surface area contributed by atoms with Crippen LogP contribution in [0.3, 0.4) is 0 Å². The Morgan fingerprint density at radius 2 is 2.16 bits per heavy atom. The number of hydrogen-bond acceptors (Lipinski definition) is 5. The van der Waals surface area contributed by atoms with E-state index < -0.39 is 0 Å². The molecule has 2 aromatic heterocycles. The second-order valence-electron chi connectivity index (χ2n) is 3.86. The van der Waals surface area contributed by atoms with Crippen LogP contribution in [0.25, 0.3) is 10.2 Å². The van der Waals surface area contributed by atoms with Crippen molar-refractivity contribution in [1.82, 2.24) is 9.97 Å². The van der Waals surface area contributed by atoms with E-state index in [2.05, 4.69) is 15.3 Å². The maximum absolute atomic E-state index is 12.1. The molecule has 3 aromatic rings. The molecule has 19 heavy (non-hydrogen) atoms. The molecule has 0 fully saturated rings. The Bertz CT molecular complexity index is 754. The molecule has 6 heteroatoms. The molecule has 0 saturated heterocycles. The number of benzene rings is 1. The lowest BCUT2D eigenvalue weighted by Gasteiger charge is -2.05. The number of nitrogens with one attached hydrogen (secondary N) is 1. The Morgan fingerprint density at radius 1 is 1.26 bits per heavy atom. The van der Waals surface area contributed by atoms with Gasteiger partial charge >= 0.3 is 0 Å². The summed E-state index contributed by atoms with van der Waals surface area (Å²) >= 11 is 1.47. The smallest absolute Gasteiger partial charge is 0.256 e. The van der Waals surface area contributed by atoms with E-state index in [0.29, 0.717) is 5.56 Å². The number of fused-ring (bicyclic) bond motifs is 1. The summed E-state index contributed by atoms with van der Waals surface area (Å²) < 4.78 is 0.942. The van der Waals surface area contributed by atoms with Crippen LogP contribution in [0.2, 0.25) is 0 Å². The molecule has 0 saturated carbocycles. The van der Waals surface area contributed by atoms with Gasteiger partial charge in [0.1, 0.15) is 0 Å². The minimum absolute atomic E-state index is 0.0604. The zero-order valence-electron chi connectivity index (χ0n) is 9.70. The molecule has 0 aliphatic carbocycles. The molecule has 3 rings (SSSR count). The highest BCUT2D eigenvalue weighted by Crippen LogP contribution is 2.22. The lowest BCUT2D eigenvalue weighted by Crippen LogP contribution is -2.12. The van der Waals surface area contributed by atoms with Crippen molar-refractivity contribution >= 4 is 33.3 Å². The highest BCUT2D eigenvalue weighted by Gasteiger charge is 2.10. The van der Waals surface area contributed by atoms with Gasteiger partial charge < -0.3 is 10.4 Å². The van der Waals surface area contributed by atoms with Crippen LogP contribution in [0, 0.1) is 0 Å².